The second-order valence-electron chi connectivity index (χ2n) is 2.68. The first kappa shape index (κ1) is 9.57. The molecule has 0 radical (unpaired) electrons. The number of nitrogens with one attached hydrogen (secondary N) is 1. The molecule has 0 amide bonds. The van der Waals surface area contributed by atoms with Crippen LogP contribution in [-0.2, 0) is 6.42 Å². The van der Waals surface area contributed by atoms with Gasteiger partial charge in [-0.05, 0) is 13.3 Å². The normalized spacial score (nSPS) is 10.0. The van der Waals surface area contributed by atoms with Gasteiger partial charge in [-0.2, -0.15) is 9.97 Å². The Labute approximate surface area is 77.6 Å². The Morgan fingerprint density at radius 3 is 2.08 bits per heavy atom. The third-order valence-corrected chi connectivity index (χ3v) is 1.76. The molecule has 1 aromatic heterocycles. The molecule has 0 aromatic carbocycles. The first-order valence-corrected chi connectivity index (χ1v) is 4.34. The molecule has 5 heteroatoms. The van der Waals surface area contributed by atoms with Gasteiger partial charge in [0.05, 0.1) is 0 Å². The van der Waals surface area contributed by atoms with Crippen LogP contribution in [0, 0.1) is 0 Å². The Morgan fingerprint density at radius 1 is 1.15 bits per heavy atom. The molecule has 72 valence electrons. The van der Waals surface area contributed by atoms with Crippen LogP contribution in [0.2, 0.25) is 0 Å². The number of anilines is 3. The number of rotatable bonds is 3. The smallest absolute Gasteiger partial charge is 0.226 e. The van der Waals surface area contributed by atoms with Gasteiger partial charge in [0.1, 0.15) is 11.6 Å². The lowest BCUT2D eigenvalue weighted by Crippen LogP contribution is -2.09. The van der Waals surface area contributed by atoms with Crippen molar-refractivity contribution >= 4 is 17.6 Å². The van der Waals surface area contributed by atoms with E-state index < -0.39 is 0 Å². The Balaban J connectivity index is 3.05. The van der Waals surface area contributed by atoms with E-state index >= 15 is 0 Å². The van der Waals surface area contributed by atoms with E-state index in [1.54, 1.807) is 0 Å². The lowest BCUT2D eigenvalue weighted by atomic mass is 10.2. The molecule has 1 aromatic rings. The van der Waals surface area contributed by atoms with Crippen LogP contribution in [-0.4, -0.2) is 16.5 Å². The number of nitrogens with two attached hydrogens (primary N) is 2. The number of hydrogen-bond acceptors (Lipinski definition) is 5. The molecule has 1 heterocycles. The van der Waals surface area contributed by atoms with Gasteiger partial charge in [-0.25, -0.2) is 0 Å². The van der Waals surface area contributed by atoms with E-state index in [1.165, 1.54) is 0 Å². The summed E-state index contributed by atoms with van der Waals surface area (Å²) in [7, 11) is 0. The van der Waals surface area contributed by atoms with Crippen LogP contribution >= 0.6 is 0 Å². The van der Waals surface area contributed by atoms with Crippen molar-refractivity contribution in [1.82, 2.24) is 9.97 Å². The second kappa shape index (κ2) is 3.93. The van der Waals surface area contributed by atoms with Crippen LogP contribution in [0.3, 0.4) is 0 Å². The van der Waals surface area contributed by atoms with Crippen molar-refractivity contribution in [3.05, 3.63) is 5.56 Å². The molecule has 0 aliphatic rings. The highest BCUT2D eigenvalue weighted by Gasteiger charge is 2.06. The zero-order valence-electron chi connectivity index (χ0n) is 7.96. The zero-order valence-corrected chi connectivity index (χ0v) is 7.96. The van der Waals surface area contributed by atoms with Crippen molar-refractivity contribution < 1.29 is 0 Å². The molecular weight excluding hydrogens is 166 g/mol. The van der Waals surface area contributed by atoms with Crippen molar-refractivity contribution in [3.8, 4) is 0 Å². The van der Waals surface area contributed by atoms with Gasteiger partial charge in [0.15, 0.2) is 0 Å². The number of hydrogen-bond donors (Lipinski definition) is 3. The van der Waals surface area contributed by atoms with Crippen molar-refractivity contribution in [2.75, 3.05) is 23.3 Å². The monoisotopic (exact) mass is 181 g/mol. The fourth-order valence-electron chi connectivity index (χ4n) is 1.12. The van der Waals surface area contributed by atoms with Gasteiger partial charge in [-0.15, -0.1) is 0 Å². The van der Waals surface area contributed by atoms with Crippen LogP contribution in [0.4, 0.5) is 17.6 Å². The number of nitrogens with zero attached hydrogens (tertiary/aromatic N) is 2. The molecule has 0 aliphatic heterocycles. The molecule has 0 aliphatic carbocycles. The molecule has 0 saturated heterocycles. The lowest BCUT2D eigenvalue weighted by Gasteiger charge is -2.08. The van der Waals surface area contributed by atoms with Crippen LogP contribution in [0.5, 0.6) is 0 Å². The second-order valence-corrected chi connectivity index (χ2v) is 2.68. The van der Waals surface area contributed by atoms with Gasteiger partial charge in [-0.1, -0.05) is 6.92 Å². The number of nitrogen functional groups attached to an aromatic ring is 2. The Bertz CT molecular complexity index is 274. The van der Waals surface area contributed by atoms with E-state index in [0.717, 1.165) is 18.5 Å². The van der Waals surface area contributed by atoms with Crippen molar-refractivity contribution in [2.24, 2.45) is 0 Å². The highest BCUT2D eigenvalue weighted by molar-refractivity contribution is 5.56. The fourth-order valence-corrected chi connectivity index (χ4v) is 1.12. The van der Waals surface area contributed by atoms with Gasteiger partial charge >= 0.3 is 0 Å². The summed E-state index contributed by atoms with van der Waals surface area (Å²) in [4.78, 5) is 8.14. The summed E-state index contributed by atoms with van der Waals surface area (Å²) >= 11 is 0. The Hall–Kier alpha value is -1.52. The van der Waals surface area contributed by atoms with Gasteiger partial charge in [0.25, 0.3) is 0 Å². The molecule has 0 unspecified atom stereocenters. The first-order chi connectivity index (χ1) is 6.19. The summed E-state index contributed by atoms with van der Waals surface area (Å²) in [6.45, 7) is 4.69. The molecule has 0 fully saturated rings. The van der Waals surface area contributed by atoms with Crippen molar-refractivity contribution in [3.63, 3.8) is 0 Å². The minimum Gasteiger partial charge on any atom is -0.383 e. The van der Waals surface area contributed by atoms with Crippen LogP contribution in [0.1, 0.15) is 19.4 Å². The maximum absolute atomic E-state index is 5.69. The van der Waals surface area contributed by atoms with E-state index in [0.29, 0.717) is 17.6 Å². The minimum atomic E-state index is 0.464. The fraction of sp³-hybridized carbons (Fsp3) is 0.500. The Morgan fingerprint density at radius 2 is 1.69 bits per heavy atom. The molecular formula is C8H15N5. The van der Waals surface area contributed by atoms with Crippen molar-refractivity contribution in [1.29, 1.82) is 0 Å². The number of aromatic nitrogens is 2. The minimum absolute atomic E-state index is 0.464. The van der Waals surface area contributed by atoms with E-state index in [2.05, 4.69) is 15.3 Å². The largest absolute Gasteiger partial charge is 0.383 e. The lowest BCUT2D eigenvalue weighted by molar-refractivity contribution is 1.04. The topological polar surface area (TPSA) is 89.8 Å². The standard InChI is InChI=1S/C8H15N5/c1-3-5-6(9)12-8(11-4-2)13-7(5)10/h3-4H2,1-2H3,(H5,9,10,11,12,13). The summed E-state index contributed by atoms with van der Waals surface area (Å²) in [5.41, 5.74) is 12.2. The highest BCUT2D eigenvalue weighted by atomic mass is 15.1. The quantitative estimate of drug-likeness (QED) is 0.636. The summed E-state index contributed by atoms with van der Waals surface area (Å²) < 4.78 is 0. The molecule has 13 heavy (non-hydrogen) atoms. The van der Waals surface area contributed by atoms with Gasteiger partial charge in [0, 0.05) is 12.1 Å². The van der Waals surface area contributed by atoms with E-state index in [4.69, 9.17) is 11.5 Å². The van der Waals surface area contributed by atoms with Crippen LogP contribution in [0.15, 0.2) is 0 Å². The van der Waals surface area contributed by atoms with E-state index in [-0.39, 0.29) is 0 Å². The van der Waals surface area contributed by atoms with E-state index in [1.807, 2.05) is 13.8 Å². The summed E-state index contributed by atoms with van der Waals surface area (Å²) in [5, 5.41) is 2.96. The highest BCUT2D eigenvalue weighted by Crippen LogP contribution is 2.17. The molecule has 0 saturated carbocycles. The van der Waals surface area contributed by atoms with E-state index in [9.17, 15) is 0 Å². The molecule has 5 nitrogen and oxygen atoms in total. The van der Waals surface area contributed by atoms with Crippen LogP contribution in [0.25, 0.3) is 0 Å². The summed E-state index contributed by atoms with van der Waals surface area (Å²) in [6.07, 6.45) is 0.754. The van der Waals surface area contributed by atoms with Gasteiger partial charge < -0.3 is 16.8 Å². The zero-order chi connectivity index (χ0) is 9.84. The van der Waals surface area contributed by atoms with Crippen LogP contribution < -0.4 is 16.8 Å². The molecule has 0 atom stereocenters. The SMILES string of the molecule is CCNc1nc(N)c(CC)c(N)n1. The summed E-state index contributed by atoms with van der Waals surface area (Å²) in [6, 6.07) is 0. The maximum atomic E-state index is 5.69. The first-order valence-electron chi connectivity index (χ1n) is 4.34. The predicted molar refractivity (Wildman–Crippen MR) is 54.4 cm³/mol. The summed E-state index contributed by atoms with van der Waals surface area (Å²) in [5.74, 6) is 1.42. The van der Waals surface area contributed by atoms with Gasteiger partial charge in [-0.3, -0.25) is 0 Å². The molecule has 0 bridgehead atoms. The average Bonchev–Trinajstić information content (AvgIpc) is 2.04. The average molecular weight is 181 g/mol. The van der Waals surface area contributed by atoms with Crippen molar-refractivity contribution in [2.45, 2.75) is 20.3 Å². The third kappa shape index (κ3) is 1.99. The predicted octanol–water partition coefficient (Wildman–Crippen LogP) is 0.635. The molecule has 5 N–H and O–H groups in total. The third-order valence-electron chi connectivity index (χ3n) is 1.76. The Kier molecular flexibility index (Phi) is 2.89. The maximum Gasteiger partial charge on any atom is 0.226 e. The molecule has 1 rings (SSSR count). The van der Waals surface area contributed by atoms with Gasteiger partial charge in [0.2, 0.25) is 5.95 Å². The molecule has 0 spiro atoms.